The van der Waals surface area contributed by atoms with Gasteiger partial charge < -0.3 is 15.4 Å². The number of aromatic amines is 1. The number of halogens is 1. The summed E-state index contributed by atoms with van der Waals surface area (Å²) in [5.74, 6) is -1.68. The van der Waals surface area contributed by atoms with E-state index in [1.807, 2.05) is 0 Å². The summed E-state index contributed by atoms with van der Waals surface area (Å²) in [5, 5.41) is 11.6. The molecule has 1 aromatic heterocycles. The maximum Gasteiger partial charge on any atom is 0.337 e. The number of carbonyl (C=O) groups is 2. The summed E-state index contributed by atoms with van der Waals surface area (Å²) in [6.45, 7) is 0. The minimum Gasteiger partial charge on any atom is -0.478 e. The van der Waals surface area contributed by atoms with Crippen molar-refractivity contribution in [2.75, 3.05) is 5.32 Å². The third-order valence-electron chi connectivity index (χ3n) is 2.23. The molecule has 0 aliphatic rings. The number of aromatic nitrogens is 2. The zero-order valence-corrected chi connectivity index (χ0v) is 9.73. The van der Waals surface area contributed by atoms with Crippen LogP contribution in [0.1, 0.15) is 20.8 Å². The Hall–Kier alpha value is -2.34. The van der Waals surface area contributed by atoms with Gasteiger partial charge in [0.05, 0.1) is 28.8 Å². The highest BCUT2D eigenvalue weighted by Crippen LogP contribution is 2.26. The van der Waals surface area contributed by atoms with Crippen LogP contribution >= 0.6 is 11.6 Å². The number of imidazole rings is 1. The van der Waals surface area contributed by atoms with Crippen LogP contribution in [-0.2, 0) is 0 Å². The predicted octanol–water partition coefficient (Wildman–Crippen LogP) is 2.01. The molecule has 0 aliphatic carbocycles. The summed E-state index contributed by atoms with van der Waals surface area (Å²) in [4.78, 5) is 29.1. The maximum atomic E-state index is 11.8. The predicted molar refractivity (Wildman–Crippen MR) is 65.0 cm³/mol. The standard InChI is InChI=1S/C11H8ClN3O3/c12-7-3-1-2-6(11(17)18)9(7)15-10(16)8-4-13-5-14-8/h1-5H,(H,13,14)(H,15,16)(H,17,18). The zero-order chi connectivity index (χ0) is 13.1. The van der Waals surface area contributed by atoms with E-state index >= 15 is 0 Å². The minimum absolute atomic E-state index is 0.0614. The molecule has 3 N–H and O–H groups in total. The number of carboxylic acids is 1. The van der Waals surface area contributed by atoms with Crippen LogP contribution in [0.3, 0.4) is 0 Å². The first-order valence-electron chi connectivity index (χ1n) is 4.91. The first kappa shape index (κ1) is 12.1. The fourth-order valence-corrected chi connectivity index (χ4v) is 1.61. The molecule has 2 aromatic rings. The van der Waals surface area contributed by atoms with E-state index in [2.05, 4.69) is 15.3 Å². The molecule has 0 saturated heterocycles. The van der Waals surface area contributed by atoms with Gasteiger partial charge in [-0.15, -0.1) is 0 Å². The zero-order valence-electron chi connectivity index (χ0n) is 8.98. The second-order valence-corrected chi connectivity index (χ2v) is 3.79. The van der Waals surface area contributed by atoms with E-state index in [0.29, 0.717) is 0 Å². The first-order valence-corrected chi connectivity index (χ1v) is 5.29. The Morgan fingerprint density at radius 1 is 1.39 bits per heavy atom. The quantitative estimate of drug-likeness (QED) is 0.791. The Bertz CT molecular complexity index is 596. The number of para-hydroxylation sites is 1. The molecule has 0 atom stereocenters. The van der Waals surface area contributed by atoms with Crippen LogP contribution in [0.15, 0.2) is 30.7 Å². The molecule has 18 heavy (non-hydrogen) atoms. The van der Waals surface area contributed by atoms with Crippen molar-refractivity contribution < 1.29 is 14.7 Å². The monoisotopic (exact) mass is 265 g/mol. The Morgan fingerprint density at radius 2 is 2.17 bits per heavy atom. The molecule has 1 amide bonds. The number of nitrogens with one attached hydrogen (secondary N) is 2. The maximum absolute atomic E-state index is 11.8. The minimum atomic E-state index is -1.17. The molecule has 0 bridgehead atoms. The van der Waals surface area contributed by atoms with Gasteiger partial charge in [-0.25, -0.2) is 9.78 Å². The second kappa shape index (κ2) is 4.89. The normalized spacial score (nSPS) is 10.1. The number of aromatic carboxylic acids is 1. The average molecular weight is 266 g/mol. The summed E-state index contributed by atoms with van der Waals surface area (Å²) in [5.41, 5.74) is 0.202. The summed E-state index contributed by atoms with van der Waals surface area (Å²) >= 11 is 5.88. The largest absolute Gasteiger partial charge is 0.478 e. The lowest BCUT2D eigenvalue weighted by atomic mass is 10.1. The number of rotatable bonds is 3. The van der Waals surface area contributed by atoms with Crippen LogP contribution in [0.5, 0.6) is 0 Å². The first-order chi connectivity index (χ1) is 8.59. The molecular formula is C11H8ClN3O3. The lowest BCUT2D eigenvalue weighted by Crippen LogP contribution is -2.15. The van der Waals surface area contributed by atoms with Gasteiger partial charge in [0.1, 0.15) is 5.69 Å². The second-order valence-electron chi connectivity index (χ2n) is 3.39. The highest BCUT2D eigenvalue weighted by molar-refractivity contribution is 6.34. The van der Waals surface area contributed by atoms with Crippen molar-refractivity contribution in [3.8, 4) is 0 Å². The molecule has 92 valence electrons. The van der Waals surface area contributed by atoms with Crippen molar-refractivity contribution in [1.82, 2.24) is 9.97 Å². The number of carbonyl (C=O) groups excluding carboxylic acids is 1. The Kier molecular flexibility index (Phi) is 3.29. The van der Waals surface area contributed by atoms with Crippen molar-refractivity contribution in [3.63, 3.8) is 0 Å². The Morgan fingerprint density at radius 3 is 2.78 bits per heavy atom. The summed E-state index contributed by atoms with van der Waals surface area (Å²) in [6, 6.07) is 4.35. The van der Waals surface area contributed by atoms with E-state index in [0.717, 1.165) is 0 Å². The molecular weight excluding hydrogens is 258 g/mol. The van der Waals surface area contributed by atoms with Gasteiger partial charge in [0.25, 0.3) is 5.91 Å². The van der Waals surface area contributed by atoms with E-state index in [1.165, 1.54) is 30.7 Å². The number of nitrogens with zero attached hydrogens (tertiary/aromatic N) is 1. The third kappa shape index (κ3) is 2.33. The molecule has 0 saturated carbocycles. The van der Waals surface area contributed by atoms with Gasteiger partial charge in [0.2, 0.25) is 0 Å². The van der Waals surface area contributed by atoms with Crippen LogP contribution in [0.2, 0.25) is 5.02 Å². The highest BCUT2D eigenvalue weighted by atomic mass is 35.5. The van der Waals surface area contributed by atoms with Crippen molar-refractivity contribution >= 4 is 29.2 Å². The van der Waals surface area contributed by atoms with Gasteiger partial charge in [-0.3, -0.25) is 4.79 Å². The summed E-state index contributed by atoms with van der Waals surface area (Å²) in [6.07, 6.45) is 2.67. The number of H-pyrrole nitrogens is 1. The van der Waals surface area contributed by atoms with Crippen molar-refractivity contribution in [1.29, 1.82) is 0 Å². The smallest absolute Gasteiger partial charge is 0.337 e. The van der Waals surface area contributed by atoms with E-state index in [4.69, 9.17) is 16.7 Å². The van der Waals surface area contributed by atoms with Gasteiger partial charge in [-0.05, 0) is 12.1 Å². The van der Waals surface area contributed by atoms with Crippen molar-refractivity contribution in [2.45, 2.75) is 0 Å². The molecule has 7 heteroatoms. The van der Waals surface area contributed by atoms with Gasteiger partial charge in [0.15, 0.2) is 0 Å². The number of hydrogen-bond acceptors (Lipinski definition) is 3. The highest BCUT2D eigenvalue weighted by Gasteiger charge is 2.16. The van der Waals surface area contributed by atoms with Gasteiger partial charge in [-0.1, -0.05) is 17.7 Å². The molecule has 2 rings (SSSR count). The molecule has 0 spiro atoms. The van der Waals surface area contributed by atoms with Gasteiger partial charge >= 0.3 is 5.97 Å². The Balaban J connectivity index is 2.34. The summed E-state index contributed by atoms with van der Waals surface area (Å²) < 4.78 is 0. The molecule has 0 unspecified atom stereocenters. The van der Waals surface area contributed by atoms with Crippen LogP contribution in [0.25, 0.3) is 0 Å². The van der Waals surface area contributed by atoms with Crippen molar-refractivity contribution in [3.05, 3.63) is 47.0 Å². The van der Waals surface area contributed by atoms with E-state index in [9.17, 15) is 9.59 Å². The fourth-order valence-electron chi connectivity index (χ4n) is 1.39. The van der Waals surface area contributed by atoms with Crippen LogP contribution in [-0.4, -0.2) is 27.0 Å². The van der Waals surface area contributed by atoms with E-state index in [-0.39, 0.29) is 22.0 Å². The number of benzene rings is 1. The van der Waals surface area contributed by atoms with Crippen molar-refractivity contribution in [2.24, 2.45) is 0 Å². The van der Waals surface area contributed by atoms with E-state index in [1.54, 1.807) is 0 Å². The lowest BCUT2D eigenvalue weighted by Gasteiger charge is -2.09. The fraction of sp³-hybridized carbons (Fsp3) is 0. The number of anilines is 1. The van der Waals surface area contributed by atoms with Gasteiger partial charge in [-0.2, -0.15) is 0 Å². The number of amides is 1. The molecule has 0 aliphatic heterocycles. The average Bonchev–Trinajstić information content (AvgIpc) is 2.85. The molecule has 6 nitrogen and oxygen atoms in total. The number of carboxylic acid groups (broad SMARTS) is 1. The number of hydrogen-bond donors (Lipinski definition) is 3. The summed E-state index contributed by atoms with van der Waals surface area (Å²) in [7, 11) is 0. The lowest BCUT2D eigenvalue weighted by molar-refractivity contribution is 0.0698. The molecule has 1 aromatic carbocycles. The molecule has 0 radical (unpaired) electrons. The third-order valence-corrected chi connectivity index (χ3v) is 2.54. The van der Waals surface area contributed by atoms with Crippen LogP contribution in [0, 0.1) is 0 Å². The molecule has 1 heterocycles. The van der Waals surface area contributed by atoms with Gasteiger partial charge in [0, 0.05) is 0 Å². The topological polar surface area (TPSA) is 95.1 Å². The van der Waals surface area contributed by atoms with Crippen LogP contribution < -0.4 is 5.32 Å². The van der Waals surface area contributed by atoms with E-state index < -0.39 is 11.9 Å². The van der Waals surface area contributed by atoms with Crippen LogP contribution in [0.4, 0.5) is 5.69 Å². The molecule has 0 fully saturated rings. The SMILES string of the molecule is O=C(Nc1c(Cl)cccc1C(=O)O)c1cnc[nH]1. The Labute approximate surface area is 107 Å².